The molecule has 27 heavy (non-hydrogen) atoms. The summed E-state index contributed by atoms with van der Waals surface area (Å²) in [5.41, 5.74) is 1.07. The molecule has 0 unspecified atom stereocenters. The standard InChI is InChI=1S/C18H17ClN2O4S2/c1-12-4-8-16(9-5-12)26(22,23)18-13(2)20-21(14(18)3)27(24,25)17-10-6-15(19)7-11-17/h4-11H,1-3H3. The number of rotatable bonds is 4. The van der Waals surface area contributed by atoms with E-state index in [1.165, 1.54) is 50.2 Å². The maximum atomic E-state index is 13.0. The Morgan fingerprint density at radius 1 is 0.815 bits per heavy atom. The molecule has 0 fully saturated rings. The van der Waals surface area contributed by atoms with Crippen molar-refractivity contribution in [1.29, 1.82) is 0 Å². The number of halogens is 1. The summed E-state index contributed by atoms with van der Waals surface area (Å²) in [5.74, 6) is 0. The quantitative estimate of drug-likeness (QED) is 0.639. The van der Waals surface area contributed by atoms with Crippen molar-refractivity contribution in [3.63, 3.8) is 0 Å². The van der Waals surface area contributed by atoms with E-state index in [1.807, 2.05) is 6.92 Å². The number of aromatic nitrogens is 2. The molecule has 0 bridgehead atoms. The number of nitrogens with zero attached hydrogens (tertiary/aromatic N) is 2. The molecule has 0 aliphatic rings. The number of benzene rings is 2. The fourth-order valence-corrected chi connectivity index (χ4v) is 5.95. The van der Waals surface area contributed by atoms with Gasteiger partial charge in [-0.05, 0) is 57.2 Å². The zero-order valence-corrected chi connectivity index (χ0v) is 17.2. The SMILES string of the molecule is Cc1ccc(S(=O)(=O)c2c(C)nn(S(=O)(=O)c3ccc(Cl)cc3)c2C)cc1. The van der Waals surface area contributed by atoms with E-state index >= 15 is 0 Å². The zero-order chi connectivity index (χ0) is 20.0. The van der Waals surface area contributed by atoms with Crippen LogP contribution in [-0.4, -0.2) is 26.0 Å². The monoisotopic (exact) mass is 424 g/mol. The van der Waals surface area contributed by atoms with Gasteiger partial charge in [-0.15, -0.1) is 0 Å². The van der Waals surface area contributed by atoms with Crippen LogP contribution in [0.25, 0.3) is 0 Å². The van der Waals surface area contributed by atoms with Crippen molar-refractivity contribution >= 4 is 31.5 Å². The van der Waals surface area contributed by atoms with E-state index in [-0.39, 0.29) is 26.1 Å². The highest BCUT2D eigenvalue weighted by Crippen LogP contribution is 2.29. The molecule has 3 aromatic rings. The Labute approximate surface area is 163 Å². The van der Waals surface area contributed by atoms with Crippen LogP contribution in [0, 0.1) is 20.8 Å². The van der Waals surface area contributed by atoms with Gasteiger partial charge in [0.2, 0.25) is 9.84 Å². The van der Waals surface area contributed by atoms with Crippen LogP contribution in [0.1, 0.15) is 17.0 Å². The maximum Gasteiger partial charge on any atom is 0.283 e. The van der Waals surface area contributed by atoms with Crippen molar-refractivity contribution in [3.05, 3.63) is 70.5 Å². The molecule has 0 saturated heterocycles. The Morgan fingerprint density at radius 2 is 1.33 bits per heavy atom. The summed E-state index contributed by atoms with van der Waals surface area (Å²) in [6.45, 7) is 4.75. The molecule has 1 aromatic heterocycles. The summed E-state index contributed by atoms with van der Waals surface area (Å²) in [7, 11) is -7.97. The van der Waals surface area contributed by atoms with Crippen LogP contribution < -0.4 is 0 Å². The smallest absolute Gasteiger partial charge is 0.218 e. The van der Waals surface area contributed by atoms with Crippen LogP contribution in [0.5, 0.6) is 0 Å². The maximum absolute atomic E-state index is 13.0. The lowest BCUT2D eigenvalue weighted by Crippen LogP contribution is -2.16. The van der Waals surface area contributed by atoms with E-state index in [4.69, 9.17) is 11.6 Å². The van der Waals surface area contributed by atoms with E-state index in [1.54, 1.807) is 12.1 Å². The molecular weight excluding hydrogens is 408 g/mol. The first-order valence-electron chi connectivity index (χ1n) is 7.94. The number of aryl methyl sites for hydroxylation is 2. The first-order valence-corrected chi connectivity index (χ1v) is 11.2. The molecule has 0 spiro atoms. The van der Waals surface area contributed by atoms with E-state index in [0.29, 0.717) is 5.02 Å². The first kappa shape index (κ1) is 19.6. The largest absolute Gasteiger partial charge is 0.283 e. The van der Waals surface area contributed by atoms with Crippen molar-refractivity contribution in [1.82, 2.24) is 9.19 Å². The topological polar surface area (TPSA) is 86.1 Å². The van der Waals surface area contributed by atoms with Crippen LogP contribution in [-0.2, 0) is 19.9 Å². The van der Waals surface area contributed by atoms with Gasteiger partial charge in [-0.2, -0.15) is 17.6 Å². The highest BCUT2D eigenvalue weighted by atomic mass is 35.5. The molecule has 0 aliphatic carbocycles. The Kier molecular flexibility index (Phi) is 4.92. The van der Waals surface area contributed by atoms with Gasteiger partial charge in [0, 0.05) is 5.02 Å². The predicted molar refractivity (Wildman–Crippen MR) is 102 cm³/mol. The average Bonchev–Trinajstić information content (AvgIpc) is 2.91. The van der Waals surface area contributed by atoms with Gasteiger partial charge in [0.05, 0.1) is 21.2 Å². The normalized spacial score (nSPS) is 12.3. The first-order chi connectivity index (χ1) is 12.5. The second kappa shape index (κ2) is 6.78. The molecule has 0 amide bonds. The third kappa shape index (κ3) is 3.40. The number of sulfone groups is 1. The molecule has 3 rings (SSSR count). The predicted octanol–water partition coefficient (Wildman–Crippen LogP) is 3.53. The number of hydrogen-bond acceptors (Lipinski definition) is 5. The second-order valence-electron chi connectivity index (χ2n) is 6.12. The van der Waals surface area contributed by atoms with Gasteiger partial charge in [0.1, 0.15) is 4.90 Å². The van der Waals surface area contributed by atoms with Crippen LogP contribution in [0.4, 0.5) is 0 Å². The molecule has 0 radical (unpaired) electrons. The highest BCUT2D eigenvalue weighted by Gasteiger charge is 2.31. The van der Waals surface area contributed by atoms with Gasteiger partial charge < -0.3 is 0 Å². The van der Waals surface area contributed by atoms with Crippen molar-refractivity contribution < 1.29 is 16.8 Å². The Bertz CT molecular complexity index is 1210. The Balaban J connectivity index is 2.18. The molecule has 6 nitrogen and oxygen atoms in total. The molecular formula is C18H17ClN2O4S2. The second-order valence-corrected chi connectivity index (χ2v) is 10.2. The lowest BCUT2D eigenvalue weighted by molar-refractivity contribution is 0.577. The molecule has 0 aliphatic heterocycles. The van der Waals surface area contributed by atoms with Crippen LogP contribution in [0.15, 0.2) is 63.2 Å². The van der Waals surface area contributed by atoms with Gasteiger partial charge in [0.15, 0.2) is 0 Å². The third-order valence-electron chi connectivity index (χ3n) is 4.12. The summed E-state index contributed by atoms with van der Waals surface area (Å²) < 4.78 is 52.6. The minimum Gasteiger partial charge on any atom is -0.218 e. The fourth-order valence-electron chi connectivity index (χ4n) is 2.77. The van der Waals surface area contributed by atoms with Crippen molar-refractivity contribution in [2.24, 2.45) is 0 Å². The molecule has 0 N–H and O–H groups in total. The lowest BCUT2D eigenvalue weighted by atomic mass is 10.2. The van der Waals surface area contributed by atoms with Crippen molar-refractivity contribution in [3.8, 4) is 0 Å². The van der Waals surface area contributed by atoms with Gasteiger partial charge in [-0.1, -0.05) is 29.3 Å². The minimum absolute atomic E-state index is 0.0306. The summed E-state index contributed by atoms with van der Waals surface area (Å²) in [5, 5.41) is 4.40. The molecule has 9 heteroatoms. The summed E-state index contributed by atoms with van der Waals surface area (Å²) in [6.07, 6.45) is 0. The van der Waals surface area contributed by atoms with Crippen molar-refractivity contribution in [2.45, 2.75) is 35.5 Å². The summed E-state index contributed by atoms with van der Waals surface area (Å²) in [6, 6.07) is 12.0. The van der Waals surface area contributed by atoms with Crippen LogP contribution >= 0.6 is 11.6 Å². The van der Waals surface area contributed by atoms with E-state index in [9.17, 15) is 16.8 Å². The molecule has 1 heterocycles. The Hall–Kier alpha value is -2.16. The summed E-state index contributed by atoms with van der Waals surface area (Å²) >= 11 is 5.81. The average molecular weight is 425 g/mol. The molecule has 2 aromatic carbocycles. The molecule has 142 valence electrons. The van der Waals surface area contributed by atoms with Gasteiger partial charge in [0.25, 0.3) is 10.0 Å². The Morgan fingerprint density at radius 3 is 1.89 bits per heavy atom. The molecule has 0 saturated carbocycles. The molecule has 0 atom stereocenters. The fraction of sp³-hybridized carbons (Fsp3) is 0.167. The lowest BCUT2D eigenvalue weighted by Gasteiger charge is -2.08. The number of hydrogen-bond donors (Lipinski definition) is 0. The van der Waals surface area contributed by atoms with Crippen molar-refractivity contribution in [2.75, 3.05) is 0 Å². The minimum atomic E-state index is -4.05. The van der Waals surface area contributed by atoms with E-state index in [0.717, 1.165) is 9.65 Å². The highest BCUT2D eigenvalue weighted by molar-refractivity contribution is 7.92. The van der Waals surface area contributed by atoms with Gasteiger partial charge >= 0.3 is 0 Å². The zero-order valence-electron chi connectivity index (χ0n) is 14.8. The van der Waals surface area contributed by atoms with Gasteiger partial charge in [-0.3, -0.25) is 0 Å². The van der Waals surface area contributed by atoms with E-state index < -0.39 is 19.9 Å². The summed E-state index contributed by atoms with van der Waals surface area (Å²) in [4.78, 5) is -0.0524. The third-order valence-corrected chi connectivity index (χ3v) is 8.08. The van der Waals surface area contributed by atoms with Crippen LogP contribution in [0.3, 0.4) is 0 Å². The van der Waals surface area contributed by atoms with Crippen LogP contribution in [0.2, 0.25) is 5.02 Å². The van der Waals surface area contributed by atoms with Gasteiger partial charge in [-0.25, -0.2) is 8.42 Å². The van der Waals surface area contributed by atoms with E-state index in [2.05, 4.69) is 5.10 Å².